The second-order valence-electron chi connectivity index (χ2n) is 5.33. The van der Waals surface area contributed by atoms with Gasteiger partial charge >= 0.3 is 5.97 Å². The summed E-state index contributed by atoms with van der Waals surface area (Å²) in [6, 6.07) is 0.165. The van der Waals surface area contributed by atoms with E-state index in [-0.39, 0.29) is 17.9 Å². The van der Waals surface area contributed by atoms with Crippen molar-refractivity contribution in [2.45, 2.75) is 51.6 Å². The molecule has 2 atom stereocenters. The number of fused-ring (bicyclic) bond motifs is 1. The van der Waals surface area contributed by atoms with E-state index >= 15 is 0 Å². The van der Waals surface area contributed by atoms with Crippen LogP contribution in [0.3, 0.4) is 0 Å². The lowest BCUT2D eigenvalue weighted by Crippen LogP contribution is -2.56. The van der Waals surface area contributed by atoms with Gasteiger partial charge in [-0.2, -0.15) is 0 Å². The fraction of sp³-hybridized carbons (Fsp3) is 0.857. The lowest BCUT2D eigenvalue weighted by atomic mass is 10.1. The summed E-state index contributed by atoms with van der Waals surface area (Å²) in [4.78, 5) is 27.9. The van der Waals surface area contributed by atoms with E-state index < -0.39 is 0 Å². The minimum atomic E-state index is -0.136. The molecular formula is C14H24N2O3. The minimum Gasteiger partial charge on any atom is -0.465 e. The third kappa shape index (κ3) is 3.08. The van der Waals surface area contributed by atoms with E-state index in [0.29, 0.717) is 19.1 Å². The Hall–Kier alpha value is -1.10. The van der Waals surface area contributed by atoms with Crippen molar-refractivity contribution in [1.82, 2.24) is 9.80 Å². The van der Waals surface area contributed by atoms with Gasteiger partial charge in [0, 0.05) is 32.1 Å². The van der Waals surface area contributed by atoms with Crippen molar-refractivity contribution in [2.75, 3.05) is 26.2 Å². The minimum absolute atomic E-state index is 0.109. The molecule has 0 radical (unpaired) electrons. The van der Waals surface area contributed by atoms with E-state index in [1.165, 1.54) is 0 Å². The molecule has 0 aromatic carbocycles. The number of piperazine rings is 1. The summed E-state index contributed by atoms with van der Waals surface area (Å²) in [7, 11) is 0. The molecule has 108 valence electrons. The number of nitrogens with zero attached hydrogens (tertiary/aromatic N) is 2. The SMILES string of the molecule is CCCC(C(=O)OCC)N1CCN2C(=O)CCC2C1. The van der Waals surface area contributed by atoms with Gasteiger partial charge in [0.1, 0.15) is 6.04 Å². The second kappa shape index (κ2) is 6.37. The van der Waals surface area contributed by atoms with Gasteiger partial charge in [-0.15, -0.1) is 0 Å². The predicted octanol–water partition coefficient (Wildman–Crippen LogP) is 1.02. The normalized spacial score (nSPS) is 25.3. The molecule has 0 aromatic heterocycles. The van der Waals surface area contributed by atoms with Crippen LogP contribution in [-0.4, -0.2) is 60.0 Å². The first-order chi connectivity index (χ1) is 9.17. The van der Waals surface area contributed by atoms with Gasteiger partial charge in [0.2, 0.25) is 5.91 Å². The lowest BCUT2D eigenvalue weighted by molar-refractivity contribution is -0.151. The van der Waals surface area contributed by atoms with Crippen LogP contribution in [0.25, 0.3) is 0 Å². The van der Waals surface area contributed by atoms with Crippen LogP contribution in [0, 0.1) is 0 Å². The van der Waals surface area contributed by atoms with E-state index in [4.69, 9.17) is 4.74 Å². The lowest BCUT2D eigenvalue weighted by Gasteiger charge is -2.40. The topological polar surface area (TPSA) is 49.9 Å². The highest BCUT2D eigenvalue weighted by Crippen LogP contribution is 2.25. The van der Waals surface area contributed by atoms with Crippen LogP contribution < -0.4 is 0 Å². The number of ether oxygens (including phenoxy) is 1. The van der Waals surface area contributed by atoms with Gasteiger partial charge in [0.05, 0.1) is 6.61 Å². The molecule has 5 heteroatoms. The van der Waals surface area contributed by atoms with E-state index in [2.05, 4.69) is 11.8 Å². The zero-order chi connectivity index (χ0) is 13.8. The zero-order valence-electron chi connectivity index (χ0n) is 11.9. The van der Waals surface area contributed by atoms with Gasteiger partial charge in [-0.05, 0) is 19.8 Å². The smallest absolute Gasteiger partial charge is 0.323 e. The van der Waals surface area contributed by atoms with Crippen molar-refractivity contribution in [1.29, 1.82) is 0 Å². The molecule has 2 unspecified atom stereocenters. The Morgan fingerprint density at radius 1 is 1.42 bits per heavy atom. The number of carbonyl (C=O) groups is 2. The first kappa shape index (κ1) is 14.3. The van der Waals surface area contributed by atoms with Crippen molar-refractivity contribution in [3.63, 3.8) is 0 Å². The van der Waals surface area contributed by atoms with Gasteiger partial charge in [-0.1, -0.05) is 13.3 Å². The Balaban J connectivity index is 1.99. The van der Waals surface area contributed by atoms with E-state index in [1.807, 2.05) is 11.8 Å². The number of hydrogen-bond donors (Lipinski definition) is 0. The van der Waals surface area contributed by atoms with Crippen LogP contribution in [0.4, 0.5) is 0 Å². The zero-order valence-corrected chi connectivity index (χ0v) is 11.9. The van der Waals surface area contributed by atoms with Crippen molar-refractivity contribution in [3.8, 4) is 0 Å². The molecule has 0 aromatic rings. The fourth-order valence-electron chi connectivity index (χ4n) is 3.13. The number of amides is 1. The van der Waals surface area contributed by atoms with Crippen LogP contribution in [-0.2, 0) is 14.3 Å². The van der Waals surface area contributed by atoms with E-state index in [1.54, 1.807) is 0 Å². The van der Waals surface area contributed by atoms with Crippen molar-refractivity contribution >= 4 is 11.9 Å². The molecule has 2 heterocycles. The van der Waals surface area contributed by atoms with E-state index in [0.717, 1.165) is 38.9 Å². The first-order valence-corrected chi connectivity index (χ1v) is 7.37. The second-order valence-corrected chi connectivity index (χ2v) is 5.33. The maximum atomic E-state index is 12.0. The first-order valence-electron chi connectivity index (χ1n) is 7.37. The number of esters is 1. The maximum absolute atomic E-state index is 12.0. The summed E-state index contributed by atoms with van der Waals surface area (Å²) >= 11 is 0. The van der Waals surface area contributed by atoms with Crippen molar-refractivity contribution < 1.29 is 14.3 Å². The summed E-state index contributed by atoms with van der Waals surface area (Å²) < 4.78 is 5.18. The summed E-state index contributed by atoms with van der Waals surface area (Å²) in [6.45, 7) is 6.71. The van der Waals surface area contributed by atoms with Gasteiger partial charge in [0.25, 0.3) is 0 Å². The molecule has 0 aliphatic carbocycles. The number of rotatable bonds is 5. The molecule has 0 saturated carbocycles. The molecule has 2 saturated heterocycles. The monoisotopic (exact) mass is 268 g/mol. The van der Waals surface area contributed by atoms with Crippen molar-refractivity contribution in [2.24, 2.45) is 0 Å². The highest BCUT2D eigenvalue weighted by atomic mass is 16.5. The van der Waals surface area contributed by atoms with Gasteiger partial charge in [-0.3, -0.25) is 14.5 Å². The molecule has 1 amide bonds. The van der Waals surface area contributed by atoms with Gasteiger partial charge in [0.15, 0.2) is 0 Å². The molecule has 2 rings (SSSR count). The van der Waals surface area contributed by atoms with Gasteiger partial charge in [-0.25, -0.2) is 0 Å². The summed E-state index contributed by atoms with van der Waals surface area (Å²) in [5, 5.41) is 0. The molecular weight excluding hydrogens is 244 g/mol. The Morgan fingerprint density at radius 2 is 2.21 bits per heavy atom. The standard InChI is InChI=1S/C14H24N2O3/c1-3-5-12(14(18)19-4-2)15-8-9-16-11(10-15)6-7-13(16)17/h11-12H,3-10H2,1-2H3. The molecule has 2 aliphatic rings. The van der Waals surface area contributed by atoms with Crippen molar-refractivity contribution in [3.05, 3.63) is 0 Å². The summed E-state index contributed by atoms with van der Waals surface area (Å²) in [5.74, 6) is 0.162. The third-order valence-corrected chi connectivity index (χ3v) is 4.09. The molecule has 0 spiro atoms. The van der Waals surface area contributed by atoms with Crippen LogP contribution in [0.15, 0.2) is 0 Å². The van der Waals surface area contributed by atoms with Crippen LogP contribution >= 0.6 is 0 Å². The Bertz CT molecular complexity index is 346. The van der Waals surface area contributed by atoms with Gasteiger partial charge < -0.3 is 9.64 Å². The predicted molar refractivity (Wildman–Crippen MR) is 71.6 cm³/mol. The number of carbonyl (C=O) groups excluding carboxylic acids is 2. The third-order valence-electron chi connectivity index (χ3n) is 4.09. The molecule has 2 aliphatic heterocycles. The summed E-state index contributed by atoms with van der Waals surface area (Å²) in [6.07, 6.45) is 3.39. The van der Waals surface area contributed by atoms with Crippen LogP contribution in [0.5, 0.6) is 0 Å². The average molecular weight is 268 g/mol. The Kier molecular flexibility index (Phi) is 4.80. The molecule has 0 N–H and O–H groups in total. The summed E-state index contributed by atoms with van der Waals surface area (Å²) in [5.41, 5.74) is 0. The quantitative estimate of drug-likeness (QED) is 0.699. The molecule has 5 nitrogen and oxygen atoms in total. The highest BCUT2D eigenvalue weighted by molar-refractivity contribution is 5.79. The average Bonchev–Trinajstić information content (AvgIpc) is 2.77. The molecule has 0 bridgehead atoms. The maximum Gasteiger partial charge on any atom is 0.323 e. The molecule has 19 heavy (non-hydrogen) atoms. The van der Waals surface area contributed by atoms with Crippen LogP contribution in [0.1, 0.15) is 39.5 Å². The highest BCUT2D eigenvalue weighted by Gasteiger charge is 2.39. The molecule has 2 fully saturated rings. The fourth-order valence-corrected chi connectivity index (χ4v) is 3.13. The van der Waals surface area contributed by atoms with E-state index in [9.17, 15) is 9.59 Å². The Morgan fingerprint density at radius 3 is 2.89 bits per heavy atom. The Labute approximate surface area is 114 Å². The largest absolute Gasteiger partial charge is 0.465 e. The van der Waals surface area contributed by atoms with Crippen LogP contribution in [0.2, 0.25) is 0 Å². The number of hydrogen-bond acceptors (Lipinski definition) is 4.